The SMILES string of the molecule is CCOC(=O)c1c(NC(=O)c2ccc(S(=O)(=O)N3CCCCC3C)cc2)sc2c1CCN(CC)C2. The molecule has 1 unspecified atom stereocenters. The summed E-state index contributed by atoms with van der Waals surface area (Å²) in [5.41, 5.74) is 1.71. The van der Waals surface area contributed by atoms with E-state index >= 15 is 0 Å². The number of nitrogens with zero attached hydrogens (tertiary/aromatic N) is 2. The van der Waals surface area contributed by atoms with Crippen LogP contribution in [0.15, 0.2) is 29.2 Å². The summed E-state index contributed by atoms with van der Waals surface area (Å²) in [5, 5.41) is 3.37. The maximum absolute atomic E-state index is 13.1. The fourth-order valence-corrected chi connectivity index (χ4v) is 7.72. The quantitative estimate of drug-likeness (QED) is 0.553. The van der Waals surface area contributed by atoms with Crippen LogP contribution in [0.1, 0.15) is 71.2 Å². The molecule has 190 valence electrons. The lowest BCUT2D eigenvalue weighted by atomic mass is 10.0. The number of anilines is 1. The second-order valence-corrected chi connectivity index (χ2v) is 12.0. The molecule has 8 nitrogen and oxygen atoms in total. The van der Waals surface area contributed by atoms with E-state index in [1.54, 1.807) is 11.2 Å². The minimum atomic E-state index is -3.61. The molecule has 0 radical (unpaired) electrons. The summed E-state index contributed by atoms with van der Waals surface area (Å²) in [7, 11) is -3.61. The van der Waals surface area contributed by atoms with Crippen molar-refractivity contribution in [3.63, 3.8) is 0 Å². The molecule has 0 saturated carbocycles. The zero-order valence-corrected chi connectivity index (χ0v) is 22.1. The second kappa shape index (κ2) is 10.8. The maximum Gasteiger partial charge on any atom is 0.341 e. The van der Waals surface area contributed by atoms with Gasteiger partial charge in [0, 0.05) is 36.1 Å². The Kier molecular flexibility index (Phi) is 7.95. The molecule has 1 fully saturated rings. The van der Waals surface area contributed by atoms with Crippen molar-refractivity contribution in [1.82, 2.24) is 9.21 Å². The highest BCUT2D eigenvalue weighted by Gasteiger charge is 2.32. The van der Waals surface area contributed by atoms with Gasteiger partial charge in [0.15, 0.2) is 0 Å². The monoisotopic (exact) mass is 519 g/mol. The number of fused-ring (bicyclic) bond motifs is 1. The van der Waals surface area contributed by atoms with Gasteiger partial charge in [0.1, 0.15) is 5.00 Å². The first-order valence-electron chi connectivity index (χ1n) is 12.2. The fourth-order valence-electron chi connectivity index (χ4n) is 4.75. The molecular formula is C25H33N3O5S2. The predicted octanol–water partition coefficient (Wildman–Crippen LogP) is 4.12. The van der Waals surface area contributed by atoms with Crippen molar-refractivity contribution >= 4 is 38.2 Å². The molecule has 2 aliphatic heterocycles. The second-order valence-electron chi connectivity index (χ2n) is 8.99. The van der Waals surface area contributed by atoms with Crippen LogP contribution in [-0.4, -0.2) is 61.8 Å². The van der Waals surface area contributed by atoms with Gasteiger partial charge in [0.2, 0.25) is 10.0 Å². The number of ether oxygens (including phenoxy) is 1. The Morgan fingerprint density at radius 1 is 1.14 bits per heavy atom. The number of hydrogen-bond acceptors (Lipinski definition) is 7. The Hall–Kier alpha value is -2.27. The standard InChI is InChI=1S/C25H33N3O5S2/c1-4-27-15-13-20-21(16-27)34-24(22(20)25(30)33-5-2)26-23(29)18-9-11-19(12-10-18)35(31,32)28-14-7-6-8-17(28)3/h9-12,17H,4-8,13-16H2,1-3H3,(H,26,29). The number of carbonyl (C=O) groups excluding carboxylic acids is 2. The minimum Gasteiger partial charge on any atom is -0.462 e. The smallest absolute Gasteiger partial charge is 0.341 e. The third kappa shape index (κ3) is 5.30. The number of sulfonamides is 1. The first-order valence-corrected chi connectivity index (χ1v) is 14.5. The molecule has 1 N–H and O–H groups in total. The molecule has 0 aliphatic carbocycles. The van der Waals surface area contributed by atoms with E-state index < -0.39 is 21.9 Å². The van der Waals surface area contributed by atoms with E-state index in [1.165, 1.54) is 35.6 Å². The third-order valence-electron chi connectivity index (χ3n) is 6.75. The average molecular weight is 520 g/mol. The van der Waals surface area contributed by atoms with Gasteiger partial charge < -0.3 is 10.1 Å². The van der Waals surface area contributed by atoms with Crippen LogP contribution in [0.25, 0.3) is 0 Å². The van der Waals surface area contributed by atoms with Crippen LogP contribution in [0.5, 0.6) is 0 Å². The Morgan fingerprint density at radius 2 is 1.89 bits per heavy atom. The first-order chi connectivity index (χ1) is 16.8. The van der Waals surface area contributed by atoms with Crippen molar-refractivity contribution in [3.8, 4) is 0 Å². The highest BCUT2D eigenvalue weighted by atomic mass is 32.2. The van der Waals surface area contributed by atoms with E-state index in [0.29, 0.717) is 22.7 Å². The summed E-state index contributed by atoms with van der Waals surface area (Å²) in [4.78, 5) is 29.4. The number of rotatable bonds is 7. The summed E-state index contributed by atoms with van der Waals surface area (Å²) in [6.07, 6.45) is 3.46. The van der Waals surface area contributed by atoms with Gasteiger partial charge in [0.25, 0.3) is 5.91 Å². The van der Waals surface area contributed by atoms with E-state index in [2.05, 4.69) is 17.1 Å². The number of hydrogen-bond donors (Lipinski definition) is 1. The molecule has 0 bridgehead atoms. The van der Waals surface area contributed by atoms with Crippen LogP contribution in [0, 0.1) is 0 Å². The topological polar surface area (TPSA) is 96.0 Å². The summed E-state index contributed by atoms with van der Waals surface area (Å²) in [5.74, 6) is -0.820. The Labute approximate surface area is 211 Å². The molecular weight excluding hydrogens is 486 g/mol. The van der Waals surface area contributed by atoms with Gasteiger partial charge >= 0.3 is 5.97 Å². The normalized spacial score (nSPS) is 19.2. The van der Waals surface area contributed by atoms with Gasteiger partial charge in [-0.05, 0) is 69.5 Å². The maximum atomic E-state index is 13.1. The highest BCUT2D eigenvalue weighted by molar-refractivity contribution is 7.89. The lowest BCUT2D eigenvalue weighted by Crippen LogP contribution is -2.41. The lowest BCUT2D eigenvalue weighted by molar-refractivity contribution is 0.0526. The van der Waals surface area contributed by atoms with Crippen molar-refractivity contribution in [2.24, 2.45) is 0 Å². The fraction of sp³-hybridized carbons (Fsp3) is 0.520. The molecule has 35 heavy (non-hydrogen) atoms. The molecule has 1 aromatic carbocycles. The number of carbonyl (C=O) groups is 2. The van der Waals surface area contributed by atoms with Crippen molar-refractivity contribution in [2.45, 2.75) is 63.9 Å². The van der Waals surface area contributed by atoms with Crippen molar-refractivity contribution in [2.75, 3.05) is 31.6 Å². The van der Waals surface area contributed by atoms with Crippen molar-refractivity contribution in [3.05, 3.63) is 45.8 Å². The summed E-state index contributed by atoms with van der Waals surface area (Å²) < 4.78 is 33.0. The number of thiophene rings is 1. The molecule has 1 amide bonds. The van der Waals surface area contributed by atoms with E-state index in [4.69, 9.17) is 4.74 Å². The highest BCUT2D eigenvalue weighted by Crippen LogP contribution is 2.38. The Bertz CT molecular complexity index is 1190. The van der Waals surface area contributed by atoms with Crippen LogP contribution in [0.4, 0.5) is 5.00 Å². The Morgan fingerprint density at radius 3 is 2.54 bits per heavy atom. The summed E-state index contributed by atoms with van der Waals surface area (Å²) in [6.45, 7) is 9.06. The lowest BCUT2D eigenvalue weighted by Gasteiger charge is -2.32. The van der Waals surface area contributed by atoms with Gasteiger partial charge in [-0.2, -0.15) is 4.31 Å². The largest absolute Gasteiger partial charge is 0.462 e. The zero-order valence-electron chi connectivity index (χ0n) is 20.5. The van der Waals surface area contributed by atoms with E-state index in [9.17, 15) is 18.0 Å². The van der Waals surface area contributed by atoms with Crippen LogP contribution < -0.4 is 5.32 Å². The molecule has 1 aromatic heterocycles. The van der Waals surface area contributed by atoms with E-state index in [-0.39, 0.29) is 17.5 Å². The van der Waals surface area contributed by atoms with E-state index in [0.717, 1.165) is 55.8 Å². The van der Waals surface area contributed by atoms with Gasteiger partial charge in [-0.15, -0.1) is 11.3 Å². The molecule has 4 rings (SSSR count). The average Bonchev–Trinajstić information content (AvgIpc) is 3.21. The minimum absolute atomic E-state index is 0.0356. The zero-order chi connectivity index (χ0) is 25.2. The van der Waals surface area contributed by atoms with Gasteiger partial charge in [0.05, 0.1) is 17.1 Å². The summed E-state index contributed by atoms with van der Waals surface area (Å²) in [6, 6.07) is 5.97. The van der Waals surface area contributed by atoms with Crippen LogP contribution in [-0.2, 0) is 27.7 Å². The molecule has 3 heterocycles. The third-order valence-corrected chi connectivity index (χ3v) is 9.91. The van der Waals surface area contributed by atoms with Crippen LogP contribution >= 0.6 is 11.3 Å². The van der Waals surface area contributed by atoms with Gasteiger partial charge in [-0.1, -0.05) is 13.3 Å². The first kappa shape index (κ1) is 25.8. The number of piperidine rings is 1. The molecule has 2 aromatic rings. The molecule has 0 spiro atoms. The number of amides is 1. The molecule has 1 saturated heterocycles. The van der Waals surface area contributed by atoms with Crippen molar-refractivity contribution < 1.29 is 22.7 Å². The van der Waals surface area contributed by atoms with Crippen molar-refractivity contribution in [1.29, 1.82) is 0 Å². The number of benzene rings is 1. The van der Waals surface area contributed by atoms with Crippen LogP contribution in [0.2, 0.25) is 0 Å². The van der Waals surface area contributed by atoms with Gasteiger partial charge in [-0.25, -0.2) is 13.2 Å². The summed E-state index contributed by atoms with van der Waals surface area (Å²) >= 11 is 1.41. The van der Waals surface area contributed by atoms with Gasteiger partial charge in [-0.3, -0.25) is 9.69 Å². The number of nitrogens with one attached hydrogen (secondary N) is 1. The Balaban J connectivity index is 1.56. The van der Waals surface area contributed by atoms with E-state index in [1.807, 2.05) is 6.92 Å². The molecule has 2 aliphatic rings. The van der Waals surface area contributed by atoms with Crippen LogP contribution in [0.3, 0.4) is 0 Å². The predicted molar refractivity (Wildman–Crippen MR) is 137 cm³/mol. The molecule has 1 atom stereocenters. The number of likely N-dealkylation sites (N-methyl/N-ethyl adjacent to an activating group) is 1. The molecule has 10 heteroatoms. The number of esters is 1.